The van der Waals surface area contributed by atoms with Crippen LogP contribution in [0.25, 0.3) is 11.1 Å². The monoisotopic (exact) mass is 407 g/mol. The van der Waals surface area contributed by atoms with E-state index in [4.69, 9.17) is 4.98 Å². The third-order valence-electron chi connectivity index (χ3n) is 5.64. The number of benzene rings is 2. The van der Waals surface area contributed by atoms with E-state index in [1.165, 1.54) is 12.1 Å². The summed E-state index contributed by atoms with van der Waals surface area (Å²) in [6.07, 6.45) is 0.841. The molecule has 2 heterocycles. The molecule has 6 heteroatoms. The zero-order valence-corrected chi connectivity index (χ0v) is 17.2. The fourth-order valence-electron chi connectivity index (χ4n) is 4.17. The highest BCUT2D eigenvalue weighted by atomic mass is 32.1. The van der Waals surface area contributed by atoms with E-state index < -0.39 is 6.04 Å². The Balaban J connectivity index is 1.74. The number of nitrogens with zero attached hydrogens (tertiary/aromatic N) is 3. The summed E-state index contributed by atoms with van der Waals surface area (Å²) < 4.78 is 13.4. The summed E-state index contributed by atoms with van der Waals surface area (Å²) in [5, 5.41) is 20.9. The quantitative estimate of drug-likeness (QED) is 0.667. The Morgan fingerprint density at radius 1 is 1.21 bits per heavy atom. The first kappa shape index (κ1) is 19.6. The van der Waals surface area contributed by atoms with Gasteiger partial charge in [0.1, 0.15) is 11.9 Å². The predicted octanol–water partition coefficient (Wildman–Crippen LogP) is 4.68. The predicted molar refractivity (Wildman–Crippen MR) is 114 cm³/mol. The standard InChI is InChI=1S/C23H22FN3OS/c1-3-19-14(2)29-23(26-19)27-20(12-25)22(21(27)13-28)18-7-5-4-6-17(18)15-8-10-16(24)11-9-15/h4-11,20-22,28H,3,13H2,1-2H3/t20-,21-,22-/m1/s1. The molecule has 1 saturated heterocycles. The number of aromatic nitrogens is 1. The summed E-state index contributed by atoms with van der Waals surface area (Å²) in [6.45, 7) is 4.03. The Morgan fingerprint density at radius 3 is 2.55 bits per heavy atom. The zero-order valence-electron chi connectivity index (χ0n) is 16.3. The minimum atomic E-state index is -0.413. The molecule has 2 aromatic carbocycles. The fourth-order valence-corrected chi connectivity index (χ4v) is 5.27. The Morgan fingerprint density at radius 2 is 1.93 bits per heavy atom. The van der Waals surface area contributed by atoms with Gasteiger partial charge >= 0.3 is 0 Å². The van der Waals surface area contributed by atoms with Crippen molar-refractivity contribution in [1.29, 1.82) is 5.26 Å². The molecule has 0 amide bonds. The van der Waals surface area contributed by atoms with Crippen molar-refractivity contribution in [2.75, 3.05) is 11.5 Å². The molecule has 3 atom stereocenters. The van der Waals surface area contributed by atoms with E-state index in [9.17, 15) is 14.8 Å². The summed E-state index contributed by atoms with van der Waals surface area (Å²) in [5.74, 6) is -0.435. The molecule has 0 unspecified atom stereocenters. The van der Waals surface area contributed by atoms with E-state index in [2.05, 4.69) is 13.0 Å². The molecular formula is C23H22FN3OS. The molecule has 1 fully saturated rings. The first-order valence-corrected chi connectivity index (χ1v) is 10.5. The average molecular weight is 408 g/mol. The lowest BCUT2D eigenvalue weighted by atomic mass is 9.74. The molecule has 3 aromatic rings. The molecule has 0 spiro atoms. The molecule has 148 valence electrons. The van der Waals surface area contributed by atoms with Crippen molar-refractivity contribution in [3.8, 4) is 17.2 Å². The second kappa shape index (κ2) is 7.94. The number of rotatable bonds is 5. The number of halogens is 1. The van der Waals surface area contributed by atoms with Crippen molar-refractivity contribution >= 4 is 16.5 Å². The van der Waals surface area contributed by atoms with Gasteiger partial charge in [-0.2, -0.15) is 5.26 Å². The van der Waals surface area contributed by atoms with Gasteiger partial charge in [0.05, 0.1) is 24.4 Å². The number of aryl methyl sites for hydroxylation is 2. The summed E-state index contributed by atoms with van der Waals surface area (Å²) in [5.41, 5.74) is 3.88. The van der Waals surface area contributed by atoms with Gasteiger partial charge in [-0.15, -0.1) is 11.3 Å². The number of hydrogen-bond donors (Lipinski definition) is 1. The number of anilines is 1. The fraction of sp³-hybridized carbons (Fsp3) is 0.304. The first-order chi connectivity index (χ1) is 14.1. The lowest BCUT2D eigenvalue weighted by molar-refractivity contribution is 0.188. The van der Waals surface area contributed by atoms with E-state index in [0.29, 0.717) is 0 Å². The molecule has 4 nitrogen and oxygen atoms in total. The Bertz CT molecular complexity index is 1060. The van der Waals surface area contributed by atoms with Crippen LogP contribution in [0, 0.1) is 24.1 Å². The molecule has 1 aromatic heterocycles. The molecule has 0 saturated carbocycles. The minimum Gasteiger partial charge on any atom is -0.394 e. The van der Waals surface area contributed by atoms with Crippen LogP contribution in [-0.2, 0) is 6.42 Å². The maximum Gasteiger partial charge on any atom is 0.187 e. The SMILES string of the molecule is CCc1nc(N2[C@H](C#N)[C@@H](c3ccccc3-c3ccc(F)cc3)[C@H]2CO)sc1C. The lowest BCUT2D eigenvalue weighted by Crippen LogP contribution is -2.63. The number of hydrogen-bond acceptors (Lipinski definition) is 5. The maximum atomic E-state index is 13.4. The van der Waals surface area contributed by atoms with Crippen molar-refractivity contribution < 1.29 is 9.50 Å². The summed E-state index contributed by atoms with van der Waals surface area (Å²) in [7, 11) is 0. The van der Waals surface area contributed by atoms with Gasteiger partial charge in [-0.05, 0) is 42.2 Å². The Hall–Kier alpha value is -2.75. The minimum absolute atomic E-state index is 0.0688. The highest BCUT2D eigenvalue weighted by molar-refractivity contribution is 7.15. The van der Waals surface area contributed by atoms with Gasteiger partial charge in [0.2, 0.25) is 0 Å². The van der Waals surface area contributed by atoms with Gasteiger partial charge < -0.3 is 10.0 Å². The largest absolute Gasteiger partial charge is 0.394 e. The lowest BCUT2D eigenvalue weighted by Gasteiger charge is -2.52. The second-order valence-corrected chi connectivity index (χ2v) is 8.39. The second-order valence-electron chi connectivity index (χ2n) is 7.20. The van der Waals surface area contributed by atoms with Crippen LogP contribution >= 0.6 is 11.3 Å². The first-order valence-electron chi connectivity index (χ1n) is 9.69. The zero-order chi connectivity index (χ0) is 20.5. The van der Waals surface area contributed by atoms with Gasteiger partial charge in [0.25, 0.3) is 0 Å². The van der Waals surface area contributed by atoms with E-state index in [1.54, 1.807) is 23.5 Å². The van der Waals surface area contributed by atoms with Crippen LogP contribution in [0.15, 0.2) is 48.5 Å². The van der Waals surface area contributed by atoms with Crippen molar-refractivity contribution in [2.24, 2.45) is 0 Å². The van der Waals surface area contributed by atoms with E-state index >= 15 is 0 Å². The molecule has 29 heavy (non-hydrogen) atoms. The van der Waals surface area contributed by atoms with Gasteiger partial charge in [0.15, 0.2) is 5.13 Å². The number of nitriles is 1. The van der Waals surface area contributed by atoms with Crippen LogP contribution in [0.4, 0.5) is 9.52 Å². The highest BCUT2D eigenvalue weighted by Crippen LogP contribution is 2.47. The molecule has 0 aliphatic carbocycles. The third-order valence-corrected chi connectivity index (χ3v) is 6.67. The van der Waals surface area contributed by atoms with Crippen LogP contribution in [0.1, 0.15) is 29.0 Å². The van der Waals surface area contributed by atoms with Gasteiger partial charge in [-0.1, -0.05) is 43.3 Å². The Labute approximate surface area is 173 Å². The van der Waals surface area contributed by atoms with E-state index in [0.717, 1.165) is 38.8 Å². The van der Waals surface area contributed by atoms with E-state index in [1.807, 2.05) is 36.1 Å². The molecule has 0 bridgehead atoms. The van der Waals surface area contributed by atoms with Crippen molar-refractivity contribution in [1.82, 2.24) is 4.98 Å². The molecule has 1 aliphatic heterocycles. The van der Waals surface area contributed by atoms with Gasteiger partial charge in [-0.3, -0.25) is 0 Å². The number of aliphatic hydroxyl groups is 1. The number of thiazole rings is 1. The molecular weight excluding hydrogens is 385 g/mol. The topological polar surface area (TPSA) is 60.2 Å². The molecule has 4 rings (SSSR count). The van der Waals surface area contributed by atoms with Crippen LogP contribution in [0.5, 0.6) is 0 Å². The van der Waals surface area contributed by atoms with Crippen LogP contribution in [0.2, 0.25) is 0 Å². The highest BCUT2D eigenvalue weighted by Gasteiger charge is 2.51. The van der Waals surface area contributed by atoms with Crippen LogP contribution in [-0.4, -0.2) is 28.8 Å². The van der Waals surface area contributed by atoms with Crippen molar-refractivity contribution in [3.63, 3.8) is 0 Å². The van der Waals surface area contributed by atoms with Gasteiger partial charge in [0, 0.05) is 10.8 Å². The van der Waals surface area contributed by atoms with E-state index in [-0.39, 0.29) is 24.4 Å². The van der Waals surface area contributed by atoms with Crippen LogP contribution in [0.3, 0.4) is 0 Å². The summed E-state index contributed by atoms with van der Waals surface area (Å²) in [4.78, 5) is 7.80. The maximum absolute atomic E-state index is 13.4. The molecule has 0 radical (unpaired) electrons. The summed E-state index contributed by atoms with van der Waals surface area (Å²) in [6, 6.07) is 16.0. The average Bonchev–Trinajstić information content (AvgIpc) is 3.09. The van der Waals surface area contributed by atoms with Gasteiger partial charge in [-0.25, -0.2) is 9.37 Å². The number of aliphatic hydroxyl groups excluding tert-OH is 1. The van der Waals surface area contributed by atoms with Crippen LogP contribution < -0.4 is 4.90 Å². The summed E-state index contributed by atoms with van der Waals surface area (Å²) >= 11 is 1.57. The van der Waals surface area contributed by atoms with Crippen molar-refractivity contribution in [2.45, 2.75) is 38.3 Å². The van der Waals surface area contributed by atoms with Crippen molar-refractivity contribution in [3.05, 3.63) is 70.5 Å². The molecule has 1 aliphatic rings. The molecule has 1 N–H and O–H groups in total. The Kier molecular flexibility index (Phi) is 5.35. The normalized spacial score (nSPS) is 20.9. The third kappa shape index (κ3) is 3.31. The smallest absolute Gasteiger partial charge is 0.187 e.